The SMILES string of the molecule is CC(C)C1CCC(F)CC1F. The highest BCUT2D eigenvalue weighted by molar-refractivity contribution is 4.81. The van der Waals surface area contributed by atoms with Crippen LogP contribution >= 0.6 is 0 Å². The third kappa shape index (κ3) is 2.14. The molecule has 0 amide bonds. The molecule has 3 atom stereocenters. The molecule has 3 unspecified atom stereocenters. The molecule has 66 valence electrons. The lowest BCUT2D eigenvalue weighted by Gasteiger charge is -2.30. The van der Waals surface area contributed by atoms with Gasteiger partial charge in [0.1, 0.15) is 12.3 Å². The Morgan fingerprint density at radius 2 is 1.82 bits per heavy atom. The van der Waals surface area contributed by atoms with Crippen LogP contribution in [0.4, 0.5) is 8.78 Å². The van der Waals surface area contributed by atoms with Gasteiger partial charge in [0.25, 0.3) is 0 Å². The van der Waals surface area contributed by atoms with Crippen molar-refractivity contribution in [2.75, 3.05) is 0 Å². The maximum absolute atomic E-state index is 13.1. The van der Waals surface area contributed by atoms with Crippen molar-refractivity contribution < 1.29 is 8.78 Å². The van der Waals surface area contributed by atoms with Crippen molar-refractivity contribution in [3.8, 4) is 0 Å². The third-order valence-corrected chi connectivity index (χ3v) is 2.62. The zero-order valence-corrected chi connectivity index (χ0v) is 7.19. The maximum Gasteiger partial charge on any atom is 0.106 e. The molecule has 0 saturated heterocycles. The molecule has 1 aliphatic rings. The predicted octanol–water partition coefficient (Wildman–Crippen LogP) is 3.12. The van der Waals surface area contributed by atoms with Gasteiger partial charge in [-0.3, -0.25) is 0 Å². The first-order valence-electron chi connectivity index (χ1n) is 4.39. The number of alkyl halides is 2. The molecule has 11 heavy (non-hydrogen) atoms. The van der Waals surface area contributed by atoms with E-state index in [0.29, 0.717) is 12.3 Å². The number of rotatable bonds is 1. The molecule has 0 aromatic carbocycles. The van der Waals surface area contributed by atoms with Gasteiger partial charge in [0, 0.05) is 6.42 Å². The molecule has 0 aromatic heterocycles. The minimum Gasteiger partial charge on any atom is -0.247 e. The molecule has 0 N–H and O–H groups in total. The Morgan fingerprint density at radius 3 is 2.27 bits per heavy atom. The first-order chi connectivity index (χ1) is 5.11. The molecule has 2 heteroatoms. The lowest BCUT2D eigenvalue weighted by atomic mass is 9.80. The Balaban J connectivity index is 2.44. The summed E-state index contributed by atoms with van der Waals surface area (Å²) >= 11 is 0. The molecule has 1 rings (SSSR count). The zero-order valence-electron chi connectivity index (χ0n) is 7.19. The van der Waals surface area contributed by atoms with Crippen LogP contribution in [-0.4, -0.2) is 12.3 Å². The van der Waals surface area contributed by atoms with Gasteiger partial charge in [-0.2, -0.15) is 0 Å². The third-order valence-electron chi connectivity index (χ3n) is 2.62. The summed E-state index contributed by atoms with van der Waals surface area (Å²) in [6, 6.07) is 0. The Bertz CT molecular complexity index is 123. The molecule has 0 heterocycles. The number of hydrogen-bond acceptors (Lipinski definition) is 0. The zero-order chi connectivity index (χ0) is 8.43. The molecule has 0 aromatic rings. The average Bonchev–Trinajstić information content (AvgIpc) is 1.85. The molecule has 0 spiro atoms. The highest BCUT2D eigenvalue weighted by Crippen LogP contribution is 2.33. The molecule has 0 radical (unpaired) electrons. The van der Waals surface area contributed by atoms with Gasteiger partial charge in [-0.05, 0) is 24.7 Å². The average molecular weight is 162 g/mol. The summed E-state index contributed by atoms with van der Waals surface area (Å²) in [5.41, 5.74) is 0. The lowest BCUT2D eigenvalue weighted by Crippen LogP contribution is -2.30. The summed E-state index contributed by atoms with van der Waals surface area (Å²) in [4.78, 5) is 0. The quantitative estimate of drug-likeness (QED) is 0.555. The van der Waals surface area contributed by atoms with Gasteiger partial charge in [0.05, 0.1) is 0 Å². The highest BCUT2D eigenvalue weighted by atomic mass is 19.1. The minimum atomic E-state index is -0.904. The fourth-order valence-corrected chi connectivity index (χ4v) is 1.84. The Morgan fingerprint density at radius 1 is 1.18 bits per heavy atom. The normalized spacial score (nSPS) is 39.5. The van der Waals surface area contributed by atoms with Crippen LogP contribution in [0.5, 0.6) is 0 Å². The van der Waals surface area contributed by atoms with E-state index in [1.54, 1.807) is 0 Å². The van der Waals surface area contributed by atoms with E-state index in [-0.39, 0.29) is 12.3 Å². The van der Waals surface area contributed by atoms with Gasteiger partial charge < -0.3 is 0 Å². The van der Waals surface area contributed by atoms with E-state index in [1.807, 2.05) is 13.8 Å². The molecular formula is C9H16F2. The van der Waals surface area contributed by atoms with Crippen LogP contribution in [0.2, 0.25) is 0 Å². The smallest absolute Gasteiger partial charge is 0.106 e. The largest absolute Gasteiger partial charge is 0.247 e. The van der Waals surface area contributed by atoms with Crippen molar-refractivity contribution in [3.05, 3.63) is 0 Å². The number of hydrogen-bond donors (Lipinski definition) is 0. The van der Waals surface area contributed by atoms with E-state index in [1.165, 1.54) is 0 Å². The summed E-state index contributed by atoms with van der Waals surface area (Å²) in [6.45, 7) is 4.02. The highest BCUT2D eigenvalue weighted by Gasteiger charge is 2.31. The van der Waals surface area contributed by atoms with E-state index in [2.05, 4.69) is 0 Å². The maximum atomic E-state index is 13.1. The van der Waals surface area contributed by atoms with Crippen molar-refractivity contribution in [3.63, 3.8) is 0 Å². The summed E-state index contributed by atoms with van der Waals surface area (Å²) in [5, 5.41) is 0. The van der Waals surface area contributed by atoms with Gasteiger partial charge in [-0.25, -0.2) is 8.78 Å². The molecule has 0 bridgehead atoms. The fraction of sp³-hybridized carbons (Fsp3) is 1.00. The van der Waals surface area contributed by atoms with Crippen molar-refractivity contribution in [1.82, 2.24) is 0 Å². The van der Waals surface area contributed by atoms with Gasteiger partial charge in [0.15, 0.2) is 0 Å². The Labute approximate surface area is 67.0 Å². The second-order valence-electron chi connectivity index (χ2n) is 3.83. The van der Waals surface area contributed by atoms with Crippen LogP contribution in [0.1, 0.15) is 33.1 Å². The van der Waals surface area contributed by atoms with E-state index < -0.39 is 12.3 Å². The van der Waals surface area contributed by atoms with E-state index in [9.17, 15) is 8.78 Å². The summed E-state index contributed by atoms with van der Waals surface area (Å²) < 4.78 is 25.7. The van der Waals surface area contributed by atoms with E-state index in [0.717, 1.165) is 6.42 Å². The molecule has 0 nitrogen and oxygen atoms in total. The molecule has 1 aliphatic carbocycles. The lowest BCUT2D eigenvalue weighted by molar-refractivity contribution is 0.0761. The van der Waals surface area contributed by atoms with Crippen LogP contribution in [0.3, 0.4) is 0 Å². The first kappa shape index (κ1) is 8.95. The van der Waals surface area contributed by atoms with Gasteiger partial charge >= 0.3 is 0 Å². The molecular weight excluding hydrogens is 146 g/mol. The Hall–Kier alpha value is -0.140. The summed E-state index contributed by atoms with van der Waals surface area (Å²) in [6.07, 6.45) is -0.384. The molecule has 0 aliphatic heterocycles. The predicted molar refractivity (Wildman–Crippen MR) is 42.0 cm³/mol. The van der Waals surface area contributed by atoms with Crippen molar-refractivity contribution in [1.29, 1.82) is 0 Å². The molecule has 1 fully saturated rings. The Kier molecular flexibility index (Phi) is 2.85. The summed E-state index contributed by atoms with van der Waals surface area (Å²) in [7, 11) is 0. The van der Waals surface area contributed by atoms with Crippen LogP contribution in [0.25, 0.3) is 0 Å². The van der Waals surface area contributed by atoms with Gasteiger partial charge in [-0.15, -0.1) is 0 Å². The second kappa shape index (κ2) is 3.51. The fourth-order valence-electron chi connectivity index (χ4n) is 1.84. The minimum absolute atomic E-state index is 0.0991. The topological polar surface area (TPSA) is 0 Å². The van der Waals surface area contributed by atoms with Crippen LogP contribution in [0, 0.1) is 11.8 Å². The first-order valence-corrected chi connectivity index (χ1v) is 4.39. The van der Waals surface area contributed by atoms with Crippen LogP contribution in [-0.2, 0) is 0 Å². The summed E-state index contributed by atoms with van der Waals surface area (Å²) in [5.74, 6) is 0.458. The van der Waals surface area contributed by atoms with Gasteiger partial charge in [-0.1, -0.05) is 13.8 Å². The van der Waals surface area contributed by atoms with Gasteiger partial charge in [0.2, 0.25) is 0 Å². The van der Waals surface area contributed by atoms with Crippen molar-refractivity contribution in [2.45, 2.75) is 45.5 Å². The van der Waals surface area contributed by atoms with Crippen molar-refractivity contribution >= 4 is 0 Å². The van der Waals surface area contributed by atoms with Crippen LogP contribution < -0.4 is 0 Å². The molecule has 1 saturated carbocycles. The second-order valence-corrected chi connectivity index (χ2v) is 3.83. The monoisotopic (exact) mass is 162 g/mol. The van der Waals surface area contributed by atoms with E-state index >= 15 is 0 Å². The van der Waals surface area contributed by atoms with E-state index in [4.69, 9.17) is 0 Å². The van der Waals surface area contributed by atoms with Crippen molar-refractivity contribution in [2.24, 2.45) is 11.8 Å². The van der Waals surface area contributed by atoms with Crippen LogP contribution in [0.15, 0.2) is 0 Å². The standard InChI is InChI=1S/C9H16F2/c1-6(2)8-4-3-7(10)5-9(8)11/h6-9H,3-5H2,1-2H3. The number of halogens is 2.